The number of aliphatic hydroxyl groups excluding tert-OH is 1. The van der Waals surface area contributed by atoms with Gasteiger partial charge < -0.3 is 16.2 Å². The molecule has 0 aromatic heterocycles. The monoisotopic (exact) mass is 268 g/mol. The van der Waals surface area contributed by atoms with Crippen molar-refractivity contribution in [3.8, 4) is 0 Å². The molecule has 98 valence electrons. The number of halogens is 1. The molecule has 0 radical (unpaired) electrons. The molecule has 2 rings (SSSR count). The van der Waals surface area contributed by atoms with E-state index in [-0.39, 0.29) is 12.5 Å². The minimum atomic E-state index is -0.494. The minimum absolute atomic E-state index is 0.0424. The number of nitrogen functional groups attached to an aromatic ring is 1. The quantitative estimate of drug-likeness (QED) is 0.734. The van der Waals surface area contributed by atoms with Gasteiger partial charge in [0.25, 0.3) is 5.91 Å². The van der Waals surface area contributed by atoms with E-state index in [4.69, 9.17) is 17.3 Å². The Kier molecular flexibility index (Phi) is 3.78. The van der Waals surface area contributed by atoms with E-state index in [0.717, 1.165) is 25.7 Å². The molecule has 0 unspecified atom stereocenters. The normalized spacial score (nSPS) is 17.7. The third kappa shape index (κ3) is 2.60. The summed E-state index contributed by atoms with van der Waals surface area (Å²) >= 11 is 5.86. The third-order valence-corrected chi connectivity index (χ3v) is 3.74. The van der Waals surface area contributed by atoms with Gasteiger partial charge in [-0.3, -0.25) is 4.79 Å². The van der Waals surface area contributed by atoms with Crippen LogP contribution in [0.4, 0.5) is 5.69 Å². The van der Waals surface area contributed by atoms with Crippen molar-refractivity contribution >= 4 is 23.2 Å². The van der Waals surface area contributed by atoms with Crippen LogP contribution in [0.3, 0.4) is 0 Å². The molecule has 1 aliphatic carbocycles. The smallest absolute Gasteiger partial charge is 0.253 e. The number of nitrogens with one attached hydrogen (secondary N) is 1. The van der Waals surface area contributed by atoms with E-state index in [1.165, 1.54) is 0 Å². The van der Waals surface area contributed by atoms with E-state index >= 15 is 0 Å². The number of aliphatic hydroxyl groups is 1. The first-order valence-corrected chi connectivity index (χ1v) is 6.42. The SMILES string of the molecule is Nc1ccc(Cl)cc1C(=O)NC1(CO)CCCC1. The Balaban J connectivity index is 2.18. The van der Waals surface area contributed by atoms with Crippen molar-refractivity contribution in [2.24, 2.45) is 0 Å². The van der Waals surface area contributed by atoms with Gasteiger partial charge >= 0.3 is 0 Å². The van der Waals surface area contributed by atoms with E-state index in [2.05, 4.69) is 5.32 Å². The van der Waals surface area contributed by atoms with E-state index in [9.17, 15) is 9.90 Å². The first-order valence-electron chi connectivity index (χ1n) is 6.05. The molecule has 1 amide bonds. The molecule has 4 nitrogen and oxygen atoms in total. The third-order valence-electron chi connectivity index (χ3n) is 3.50. The molecule has 4 N–H and O–H groups in total. The van der Waals surface area contributed by atoms with Crippen LogP contribution in [0.2, 0.25) is 5.02 Å². The number of carbonyl (C=O) groups excluding carboxylic acids is 1. The van der Waals surface area contributed by atoms with Crippen molar-refractivity contribution < 1.29 is 9.90 Å². The number of amides is 1. The second kappa shape index (κ2) is 5.16. The molecule has 0 bridgehead atoms. The van der Waals surface area contributed by atoms with Gasteiger partial charge in [-0.1, -0.05) is 24.4 Å². The highest BCUT2D eigenvalue weighted by molar-refractivity contribution is 6.31. The number of hydrogen-bond acceptors (Lipinski definition) is 3. The van der Waals surface area contributed by atoms with Crippen molar-refractivity contribution in [1.29, 1.82) is 0 Å². The van der Waals surface area contributed by atoms with Gasteiger partial charge in [0.05, 0.1) is 17.7 Å². The predicted molar refractivity (Wildman–Crippen MR) is 71.6 cm³/mol. The Hall–Kier alpha value is -1.26. The molecule has 1 aromatic carbocycles. The number of carbonyl (C=O) groups is 1. The zero-order valence-corrected chi connectivity index (χ0v) is 10.8. The summed E-state index contributed by atoms with van der Waals surface area (Å²) in [6, 6.07) is 4.80. The van der Waals surface area contributed by atoms with E-state index in [1.54, 1.807) is 18.2 Å². The lowest BCUT2D eigenvalue weighted by Gasteiger charge is -2.28. The summed E-state index contributed by atoms with van der Waals surface area (Å²) in [4.78, 5) is 12.2. The van der Waals surface area contributed by atoms with Crippen LogP contribution in [0.5, 0.6) is 0 Å². The Labute approximate surface area is 111 Å². The second-order valence-electron chi connectivity index (χ2n) is 4.83. The maximum absolute atomic E-state index is 12.2. The number of hydrogen-bond donors (Lipinski definition) is 3. The summed E-state index contributed by atoms with van der Waals surface area (Å²) in [6.45, 7) is -0.0424. The zero-order valence-electron chi connectivity index (χ0n) is 10.1. The minimum Gasteiger partial charge on any atom is -0.398 e. The van der Waals surface area contributed by atoms with Gasteiger partial charge in [0, 0.05) is 10.7 Å². The summed E-state index contributed by atoms with van der Waals surface area (Å²) in [5, 5.41) is 12.8. The van der Waals surface area contributed by atoms with Crippen molar-refractivity contribution in [2.75, 3.05) is 12.3 Å². The largest absolute Gasteiger partial charge is 0.398 e. The number of nitrogens with two attached hydrogens (primary N) is 1. The van der Waals surface area contributed by atoms with Crippen molar-refractivity contribution in [2.45, 2.75) is 31.2 Å². The molecule has 0 aliphatic heterocycles. The molecule has 0 spiro atoms. The molecule has 1 fully saturated rings. The summed E-state index contributed by atoms with van der Waals surface area (Å²) in [6.07, 6.45) is 3.64. The standard InChI is InChI=1S/C13H17ClN2O2/c14-9-3-4-11(15)10(7-9)12(18)16-13(8-17)5-1-2-6-13/h3-4,7,17H,1-2,5-6,8,15H2,(H,16,18). The molecule has 0 heterocycles. The molecule has 0 atom stereocenters. The highest BCUT2D eigenvalue weighted by atomic mass is 35.5. The van der Waals surface area contributed by atoms with Crippen LogP contribution in [0.1, 0.15) is 36.0 Å². The highest BCUT2D eigenvalue weighted by Gasteiger charge is 2.35. The van der Waals surface area contributed by atoms with Crippen LogP contribution >= 0.6 is 11.6 Å². The topological polar surface area (TPSA) is 75.4 Å². The van der Waals surface area contributed by atoms with Crippen LogP contribution in [-0.4, -0.2) is 23.2 Å². The van der Waals surface area contributed by atoms with Crippen LogP contribution in [0.25, 0.3) is 0 Å². The van der Waals surface area contributed by atoms with Crippen molar-refractivity contribution in [3.63, 3.8) is 0 Å². The van der Waals surface area contributed by atoms with Gasteiger partial charge in [0.15, 0.2) is 0 Å². The Morgan fingerprint density at radius 2 is 2.11 bits per heavy atom. The van der Waals surface area contributed by atoms with E-state index in [0.29, 0.717) is 16.3 Å². The molecule has 0 saturated heterocycles. The van der Waals surface area contributed by atoms with E-state index in [1.807, 2.05) is 0 Å². The molecule has 5 heteroatoms. The summed E-state index contributed by atoms with van der Waals surface area (Å²) in [5.74, 6) is -0.272. The fraction of sp³-hybridized carbons (Fsp3) is 0.462. The first-order chi connectivity index (χ1) is 8.56. The molecular weight excluding hydrogens is 252 g/mol. The lowest BCUT2D eigenvalue weighted by atomic mass is 9.98. The number of anilines is 1. The number of rotatable bonds is 3. The molecular formula is C13H17ClN2O2. The van der Waals surface area contributed by atoms with E-state index < -0.39 is 5.54 Å². The van der Waals surface area contributed by atoms with Crippen LogP contribution < -0.4 is 11.1 Å². The lowest BCUT2D eigenvalue weighted by molar-refractivity contribution is 0.0839. The van der Waals surface area contributed by atoms with Gasteiger partial charge in [-0.2, -0.15) is 0 Å². The molecule has 1 saturated carbocycles. The highest BCUT2D eigenvalue weighted by Crippen LogP contribution is 2.30. The lowest BCUT2D eigenvalue weighted by Crippen LogP contribution is -2.49. The molecule has 18 heavy (non-hydrogen) atoms. The van der Waals surface area contributed by atoms with Crippen LogP contribution in [0, 0.1) is 0 Å². The Morgan fingerprint density at radius 3 is 2.72 bits per heavy atom. The summed E-state index contributed by atoms with van der Waals surface area (Å²) in [5.41, 5.74) is 6.03. The maximum atomic E-state index is 12.2. The van der Waals surface area contributed by atoms with Gasteiger partial charge in [-0.05, 0) is 31.0 Å². The van der Waals surface area contributed by atoms with Gasteiger partial charge in [0.2, 0.25) is 0 Å². The average Bonchev–Trinajstić information content (AvgIpc) is 2.81. The van der Waals surface area contributed by atoms with Crippen molar-refractivity contribution in [1.82, 2.24) is 5.32 Å². The molecule has 1 aromatic rings. The summed E-state index contributed by atoms with van der Waals surface area (Å²) < 4.78 is 0. The summed E-state index contributed by atoms with van der Waals surface area (Å²) in [7, 11) is 0. The maximum Gasteiger partial charge on any atom is 0.253 e. The Morgan fingerprint density at radius 1 is 1.44 bits per heavy atom. The van der Waals surface area contributed by atoms with Crippen LogP contribution in [0.15, 0.2) is 18.2 Å². The second-order valence-corrected chi connectivity index (χ2v) is 5.27. The first kappa shape index (κ1) is 13.2. The van der Waals surface area contributed by atoms with Gasteiger partial charge in [-0.25, -0.2) is 0 Å². The zero-order chi connectivity index (χ0) is 13.2. The van der Waals surface area contributed by atoms with Crippen molar-refractivity contribution in [3.05, 3.63) is 28.8 Å². The number of benzene rings is 1. The Bertz CT molecular complexity index is 456. The van der Waals surface area contributed by atoms with Gasteiger partial charge in [-0.15, -0.1) is 0 Å². The van der Waals surface area contributed by atoms with Crippen LogP contribution in [-0.2, 0) is 0 Å². The fourth-order valence-corrected chi connectivity index (χ4v) is 2.58. The molecule has 1 aliphatic rings. The average molecular weight is 269 g/mol. The van der Waals surface area contributed by atoms with Gasteiger partial charge in [0.1, 0.15) is 0 Å². The predicted octanol–water partition coefficient (Wildman–Crippen LogP) is 1.96. The fourth-order valence-electron chi connectivity index (χ4n) is 2.41.